The summed E-state index contributed by atoms with van der Waals surface area (Å²) in [6.07, 6.45) is 26.9. The Balaban J connectivity index is 1.28. The Bertz CT molecular complexity index is 404. The topological polar surface area (TPSA) is 0 Å². The first-order chi connectivity index (χ1) is 13.3. The van der Waals surface area contributed by atoms with Gasteiger partial charge in [-0.1, -0.05) is 51.2 Å². The van der Waals surface area contributed by atoms with E-state index in [0.717, 1.165) is 41.9 Å². The molecule has 3 fully saturated rings. The summed E-state index contributed by atoms with van der Waals surface area (Å²) in [5, 5.41) is 0. The molecule has 0 atom stereocenters. The van der Waals surface area contributed by atoms with Gasteiger partial charge in [0.1, 0.15) is 0 Å². The zero-order chi connectivity index (χ0) is 18.9. The lowest BCUT2D eigenvalue weighted by Gasteiger charge is -2.41. The van der Waals surface area contributed by atoms with Crippen molar-refractivity contribution in [3.63, 3.8) is 0 Å². The maximum atomic E-state index is 12.1. The van der Waals surface area contributed by atoms with Crippen LogP contribution in [0.2, 0.25) is 0 Å². The first kappa shape index (κ1) is 21.4. The number of hydrogen-bond acceptors (Lipinski definition) is 0. The van der Waals surface area contributed by atoms with Gasteiger partial charge in [-0.3, -0.25) is 4.39 Å². The lowest BCUT2D eigenvalue weighted by atomic mass is 9.65. The Morgan fingerprint density at radius 1 is 0.630 bits per heavy atom. The molecular formula is C26H45F. The Labute approximate surface area is 168 Å². The summed E-state index contributed by atoms with van der Waals surface area (Å²) in [7, 11) is 0. The molecule has 0 saturated heterocycles. The van der Waals surface area contributed by atoms with Crippen LogP contribution in [-0.2, 0) is 0 Å². The summed E-state index contributed by atoms with van der Waals surface area (Å²) in [4.78, 5) is 0. The third-order valence-corrected chi connectivity index (χ3v) is 8.53. The highest BCUT2D eigenvalue weighted by Gasteiger charge is 2.34. The van der Waals surface area contributed by atoms with Gasteiger partial charge in [-0.25, -0.2) is 0 Å². The molecule has 3 aliphatic carbocycles. The maximum Gasteiger partial charge on any atom is 0.0928 e. The number of allylic oxidation sites excluding steroid dienone is 2. The van der Waals surface area contributed by atoms with Crippen molar-refractivity contribution in [1.82, 2.24) is 0 Å². The summed E-state index contributed by atoms with van der Waals surface area (Å²) < 4.78 is 12.1. The summed E-state index contributed by atoms with van der Waals surface area (Å²) in [6.45, 7) is 2.25. The average Bonchev–Trinajstić information content (AvgIpc) is 2.72. The van der Waals surface area contributed by atoms with Gasteiger partial charge in [0.15, 0.2) is 0 Å². The zero-order valence-electron chi connectivity index (χ0n) is 18.0. The van der Waals surface area contributed by atoms with Crippen molar-refractivity contribution in [2.75, 3.05) is 6.67 Å². The van der Waals surface area contributed by atoms with Gasteiger partial charge in [-0.15, -0.1) is 0 Å². The van der Waals surface area contributed by atoms with E-state index in [9.17, 15) is 4.39 Å². The first-order valence-corrected chi connectivity index (χ1v) is 12.5. The van der Waals surface area contributed by atoms with Crippen LogP contribution in [0.15, 0.2) is 12.2 Å². The molecule has 0 unspecified atom stereocenters. The molecule has 3 rings (SSSR count). The predicted molar refractivity (Wildman–Crippen MR) is 116 cm³/mol. The molecule has 0 amide bonds. The molecule has 3 aliphatic rings. The van der Waals surface area contributed by atoms with Crippen molar-refractivity contribution in [2.24, 2.45) is 35.5 Å². The predicted octanol–water partition coefficient (Wildman–Crippen LogP) is 8.51. The molecule has 3 saturated carbocycles. The van der Waals surface area contributed by atoms with Gasteiger partial charge in [0, 0.05) is 0 Å². The van der Waals surface area contributed by atoms with Crippen LogP contribution in [0.4, 0.5) is 4.39 Å². The van der Waals surface area contributed by atoms with E-state index < -0.39 is 0 Å². The smallest absolute Gasteiger partial charge is 0.0928 e. The van der Waals surface area contributed by atoms with Gasteiger partial charge in [0.2, 0.25) is 0 Å². The summed E-state index contributed by atoms with van der Waals surface area (Å²) >= 11 is 0. The second-order valence-electron chi connectivity index (χ2n) is 10.4. The van der Waals surface area contributed by atoms with Crippen LogP contribution < -0.4 is 0 Å². The Morgan fingerprint density at radius 2 is 1.07 bits per heavy atom. The highest BCUT2D eigenvalue weighted by atomic mass is 19.1. The number of unbranched alkanes of at least 4 members (excludes halogenated alkanes) is 1. The number of hydrogen-bond donors (Lipinski definition) is 0. The normalized spacial score (nSPS) is 38.3. The van der Waals surface area contributed by atoms with Crippen LogP contribution in [0.5, 0.6) is 0 Å². The largest absolute Gasteiger partial charge is 0.251 e. The lowest BCUT2D eigenvalue weighted by Crippen LogP contribution is -2.29. The van der Waals surface area contributed by atoms with E-state index in [2.05, 4.69) is 13.0 Å². The Morgan fingerprint density at radius 3 is 1.59 bits per heavy atom. The molecule has 0 N–H and O–H groups in total. The minimum atomic E-state index is -0.206. The monoisotopic (exact) mass is 376 g/mol. The first-order valence-electron chi connectivity index (χ1n) is 12.5. The zero-order valence-corrected chi connectivity index (χ0v) is 18.0. The molecule has 0 aromatic rings. The van der Waals surface area contributed by atoms with Crippen LogP contribution in [0.25, 0.3) is 0 Å². The number of alkyl halides is 1. The van der Waals surface area contributed by atoms with Crippen LogP contribution >= 0.6 is 0 Å². The summed E-state index contributed by atoms with van der Waals surface area (Å²) in [5.41, 5.74) is 0. The fourth-order valence-electron chi connectivity index (χ4n) is 6.62. The van der Waals surface area contributed by atoms with E-state index in [1.54, 1.807) is 25.7 Å². The molecule has 0 spiro atoms. The highest BCUT2D eigenvalue weighted by Crippen LogP contribution is 2.46. The van der Waals surface area contributed by atoms with Gasteiger partial charge >= 0.3 is 0 Å². The molecule has 27 heavy (non-hydrogen) atoms. The summed E-state index contributed by atoms with van der Waals surface area (Å²) in [6, 6.07) is 0. The van der Waals surface area contributed by atoms with Crippen molar-refractivity contribution in [3.8, 4) is 0 Å². The molecule has 0 aliphatic heterocycles. The third-order valence-electron chi connectivity index (χ3n) is 8.53. The van der Waals surface area contributed by atoms with Gasteiger partial charge < -0.3 is 0 Å². The quantitative estimate of drug-likeness (QED) is 0.294. The standard InChI is InChI=1S/C26H45F/c1-21-8-12-23(13-9-21)25-16-18-26(19-17-25)24-14-10-22(11-15-24)7-5-3-2-4-6-20-27/h2,4,21-26H,3,5-20H2,1H3/b4-2+/t21?,22-,23?,24-,25?,26?. The van der Waals surface area contributed by atoms with Crippen LogP contribution in [0.1, 0.15) is 110 Å². The second-order valence-corrected chi connectivity index (χ2v) is 10.4. The minimum Gasteiger partial charge on any atom is -0.251 e. The minimum absolute atomic E-state index is 0.206. The van der Waals surface area contributed by atoms with E-state index in [1.165, 1.54) is 64.2 Å². The molecule has 0 bridgehead atoms. The van der Waals surface area contributed by atoms with E-state index in [4.69, 9.17) is 0 Å². The number of rotatable bonds is 8. The maximum absolute atomic E-state index is 12.1. The molecule has 0 heterocycles. The summed E-state index contributed by atoms with van der Waals surface area (Å²) in [5.74, 6) is 6.26. The van der Waals surface area contributed by atoms with Gasteiger partial charge in [0.05, 0.1) is 6.67 Å². The lowest BCUT2D eigenvalue weighted by molar-refractivity contribution is 0.105. The van der Waals surface area contributed by atoms with Crippen LogP contribution in [0, 0.1) is 35.5 Å². The fraction of sp³-hybridized carbons (Fsp3) is 0.923. The van der Waals surface area contributed by atoms with Gasteiger partial charge in [-0.05, 0) is 106 Å². The third kappa shape index (κ3) is 6.90. The highest BCUT2D eigenvalue weighted by molar-refractivity contribution is 4.86. The van der Waals surface area contributed by atoms with Crippen molar-refractivity contribution in [1.29, 1.82) is 0 Å². The van der Waals surface area contributed by atoms with Gasteiger partial charge in [0.25, 0.3) is 0 Å². The van der Waals surface area contributed by atoms with Crippen LogP contribution in [0.3, 0.4) is 0 Å². The molecule has 1 heteroatoms. The van der Waals surface area contributed by atoms with E-state index in [0.29, 0.717) is 6.42 Å². The molecule has 0 nitrogen and oxygen atoms in total. The van der Waals surface area contributed by atoms with E-state index >= 15 is 0 Å². The fourth-order valence-corrected chi connectivity index (χ4v) is 6.62. The van der Waals surface area contributed by atoms with Crippen molar-refractivity contribution < 1.29 is 4.39 Å². The molecule has 156 valence electrons. The van der Waals surface area contributed by atoms with Crippen molar-refractivity contribution >= 4 is 0 Å². The van der Waals surface area contributed by atoms with E-state index in [-0.39, 0.29) is 6.67 Å². The second kappa shape index (κ2) is 11.6. The SMILES string of the molecule is CC1CCC(C2CCC([C@H]3CC[C@H](CCC/C=C/CCF)CC3)CC2)CC1. The average molecular weight is 377 g/mol. The molecule has 0 aromatic heterocycles. The van der Waals surface area contributed by atoms with Crippen molar-refractivity contribution in [2.45, 2.75) is 110 Å². The van der Waals surface area contributed by atoms with Gasteiger partial charge in [-0.2, -0.15) is 0 Å². The number of halogens is 1. The van der Waals surface area contributed by atoms with Crippen LogP contribution in [-0.4, -0.2) is 6.67 Å². The molecule has 0 radical (unpaired) electrons. The molecular weight excluding hydrogens is 331 g/mol. The Hall–Kier alpha value is -0.330. The Kier molecular flexibility index (Phi) is 9.20. The molecule has 0 aromatic carbocycles. The van der Waals surface area contributed by atoms with Crippen molar-refractivity contribution in [3.05, 3.63) is 12.2 Å². The van der Waals surface area contributed by atoms with E-state index in [1.807, 2.05) is 6.08 Å².